The zero-order chi connectivity index (χ0) is 17.8. The summed E-state index contributed by atoms with van der Waals surface area (Å²) < 4.78 is 5.35. The predicted octanol–water partition coefficient (Wildman–Crippen LogP) is 4.86. The number of carbonyl (C=O) groups is 1. The highest BCUT2D eigenvalue weighted by Gasteiger charge is 2.71. The van der Waals surface area contributed by atoms with Gasteiger partial charge in [-0.15, -0.1) is 0 Å². The lowest BCUT2D eigenvalue weighted by molar-refractivity contribution is -0.234. The number of nitrogens with zero attached hydrogens (tertiary/aromatic N) is 1. The lowest BCUT2D eigenvalue weighted by atomic mass is 9.31. The Kier molecular flexibility index (Phi) is 2.87. The van der Waals surface area contributed by atoms with Crippen LogP contribution in [0.25, 0.3) is 0 Å². The number of nitriles is 1. The molecule has 0 heterocycles. The van der Waals surface area contributed by atoms with Gasteiger partial charge in [0, 0.05) is 0 Å². The topological polar surface area (TPSA) is 50.1 Å². The fourth-order valence-corrected chi connectivity index (χ4v) is 10.4. The monoisotopic (exact) mass is 353 g/mol. The molecule has 0 aromatic heterocycles. The Bertz CT molecular complexity index is 690. The average Bonchev–Trinajstić information content (AvgIpc) is 2.58. The molecule has 0 amide bonds. The standard InChI is InChI=1S/C23H31NO2/c1-26-19(25)21-6-17-3-18(7-21)11-23(10-17,13-21)22-8-15-2-16(9-22)5-20(4-15,12-22)14-24/h15-18H,2-13H2,1H3. The minimum Gasteiger partial charge on any atom is -0.469 e. The molecule has 0 spiro atoms. The van der Waals surface area contributed by atoms with Crippen LogP contribution in [0.1, 0.15) is 77.0 Å². The summed E-state index contributed by atoms with van der Waals surface area (Å²) in [6, 6.07) is 2.82. The van der Waals surface area contributed by atoms with Gasteiger partial charge in [-0.25, -0.2) is 0 Å². The van der Waals surface area contributed by atoms with E-state index >= 15 is 0 Å². The molecule has 8 aliphatic carbocycles. The normalized spacial score (nSPS) is 58.6. The van der Waals surface area contributed by atoms with Gasteiger partial charge in [-0.1, -0.05) is 0 Å². The second-order valence-corrected chi connectivity index (χ2v) is 11.6. The Balaban J connectivity index is 1.45. The fourth-order valence-electron chi connectivity index (χ4n) is 10.4. The van der Waals surface area contributed by atoms with Gasteiger partial charge in [0.1, 0.15) is 0 Å². The van der Waals surface area contributed by atoms with Crippen LogP contribution in [0.5, 0.6) is 0 Å². The second kappa shape index (κ2) is 4.68. The van der Waals surface area contributed by atoms with Crippen LogP contribution >= 0.6 is 0 Å². The molecule has 4 unspecified atom stereocenters. The van der Waals surface area contributed by atoms with Crippen LogP contribution in [0.15, 0.2) is 0 Å². The third-order valence-corrected chi connectivity index (χ3v) is 10.1. The van der Waals surface area contributed by atoms with Gasteiger partial charge in [0.15, 0.2) is 0 Å². The summed E-state index contributed by atoms with van der Waals surface area (Å²) in [4.78, 5) is 12.9. The van der Waals surface area contributed by atoms with Crippen molar-refractivity contribution < 1.29 is 9.53 Å². The fraction of sp³-hybridized carbons (Fsp3) is 0.913. The first-order valence-electron chi connectivity index (χ1n) is 10.9. The summed E-state index contributed by atoms with van der Waals surface area (Å²) in [5.41, 5.74) is 0.447. The van der Waals surface area contributed by atoms with Gasteiger partial charge < -0.3 is 4.74 Å². The van der Waals surface area contributed by atoms with Crippen LogP contribution in [-0.4, -0.2) is 13.1 Å². The maximum absolute atomic E-state index is 12.9. The van der Waals surface area contributed by atoms with E-state index in [0.29, 0.717) is 10.8 Å². The number of carbonyl (C=O) groups excluding carboxylic acids is 1. The third kappa shape index (κ3) is 1.78. The first-order chi connectivity index (χ1) is 12.4. The van der Waals surface area contributed by atoms with Gasteiger partial charge >= 0.3 is 5.97 Å². The van der Waals surface area contributed by atoms with E-state index in [4.69, 9.17) is 4.74 Å². The highest BCUT2D eigenvalue weighted by atomic mass is 16.5. The Morgan fingerprint density at radius 2 is 1.35 bits per heavy atom. The van der Waals surface area contributed by atoms with Gasteiger partial charge in [0.2, 0.25) is 0 Å². The maximum atomic E-state index is 12.9. The Morgan fingerprint density at radius 3 is 1.85 bits per heavy atom. The zero-order valence-corrected chi connectivity index (χ0v) is 16.1. The van der Waals surface area contributed by atoms with Crippen LogP contribution in [-0.2, 0) is 9.53 Å². The van der Waals surface area contributed by atoms with E-state index in [1.54, 1.807) is 7.11 Å². The number of esters is 1. The molecule has 140 valence electrons. The van der Waals surface area contributed by atoms with Crippen molar-refractivity contribution in [3.63, 3.8) is 0 Å². The number of hydrogen-bond acceptors (Lipinski definition) is 3. The number of hydrogen-bond donors (Lipinski definition) is 0. The van der Waals surface area contributed by atoms with E-state index in [0.717, 1.165) is 62.2 Å². The van der Waals surface area contributed by atoms with Crippen molar-refractivity contribution in [1.29, 1.82) is 5.26 Å². The van der Waals surface area contributed by atoms with E-state index in [1.807, 2.05) is 0 Å². The van der Waals surface area contributed by atoms with Crippen molar-refractivity contribution in [3.05, 3.63) is 0 Å². The Hall–Kier alpha value is -1.04. The average molecular weight is 354 g/mol. The van der Waals surface area contributed by atoms with Crippen molar-refractivity contribution in [2.45, 2.75) is 77.0 Å². The van der Waals surface area contributed by atoms with Gasteiger partial charge in [-0.05, 0) is 112 Å². The van der Waals surface area contributed by atoms with E-state index in [9.17, 15) is 10.1 Å². The number of rotatable bonds is 2. The summed E-state index contributed by atoms with van der Waals surface area (Å²) in [6.07, 6.45) is 14.8. The van der Waals surface area contributed by atoms with Crippen LogP contribution < -0.4 is 0 Å². The van der Waals surface area contributed by atoms with Crippen LogP contribution in [0, 0.1) is 56.7 Å². The van der Waals surface area contributed by atoms with Crippen molar-refractivity contribution in [3.8, 4) is 6.07 Å². The van der Waals surface area contributed by atoms with Crippen molar-refractivity contribution in [2.24, 2.45) is 45.3 Å². The molecule has 0 aromatic rings. The number of methoxy groups -OCH3 is 1. The third-order valence-electron chi connectivity index (χ3n) is 10.1. The number of ether oxygens (including phenoxy) is 1. The quantitative estimate of drug-likeness (QED) is 0.666. The molecule has 8 bridgehead atoms. The largest absolute Gasteiger partial charge is 0.469 e. The summed E-state index contributed by atoms with van der Waals surface area (Å²) in [5, 5.41) is 10.1. The van der Waals surface area contributed by atoms with Crippen molar-refractivity contribution in [2.75, 3.05) is 7.11 Å². The molecule has 8 fully saturated rings. The Morgan fingerprint density at radius 1 is 0.846 bits per heavy atom. The summed E-state index contributed by atoms with van der Waals surface area (Å²) in [5.74, 6) is 3.08. The highest BCUT2D eigenvalue weighted by Crippen LogP contribution is 2.78. The molecule has 0 saturated heterocycles. The predicted molar refractivity (Wildman–Crippen MR) is 96.7 cm³/mol. The second-order valence-electron chi connectivity index (χ2n) is 11.6. The van der Waals surface area contributed by atoms with E-state index in [-0.39, 0.29) is 16.8 Å². The van der Waals surface area contributed by atoms with Gasteiger partial charge in [-0.2, -0.15) is 5.26 Å². The summed E-state index contributed by atoms with van der Waals surface area (Å²) >= 11 is 0. The van der Waals surface area contributed by atoms with Gasteiger partial charge in [0.25, 0.3) is 0 Å². The molecular formula is C23H31NO2. The van der Waals surface area contributed by atoms with Crippen molar-refractivity contribution >= 4 is 5.97 Å². The molecule has 26 heavy (non-hydrogen) atoms. The van der Waals surface area contributed by atoms with E-state index in [2.05, 4.69) is 6.07 Å². The molecule has 8 saturated carbocycles. The van der Waals surface area contributed by atoms with E-state index < -0.39 is 0 Å². The SMILES string of the molecule is COC(=O)C12CC3CC(C1)CC(C14CC5CC(CC(C#N)(C5)C1)C4)(C3)C2. The molecule has 3 nitrogen and oxygen atoms in total. The molecule has 0 N–H and O–H groups in total. The summed E-state index contributed by atoms with van der Waals surface area (Å²) in [7, 11) is 1.59. The van der Waals surface area contributed by atoms with Crippen molar-refractivity contribution in [1.82, 2.24) is 0 Å². The molecule has 0 aromatic carbocycles. The molecule has 8 aliphatic rings. The molecule has 8 rings (SSSR count). The Labute approximate surface area is 156 Å². The minimum absolute atomic E-state index is 0.0359. The van der Waals surface area contributed by atoms with Crippen LogP contribution in [0.3, 0.4) is 0 Å². The molecule has 4 atom stereocenters. The lowest BCUT2D eigenvalue weighted by Gasteiger charge is -2.72. The zero-order valence-electron chi connectivity index (χ0n) is 16.1. The molecule has 0 aliphatic heterocycles. The molecule has 3 heteroatoms. The smallest absolute Gasteiger partial charge is 0.311 e. The van der Waals surface area contributed by atoms with Gasteiger partial charge in [0.05, 0.1) is 24.0 Å². The molecular weight excluding hydrogens is 322 g/mol. The van der Waals surface area contributed by atoms with E-state index in [1.165, 1.54) is 38.5 Å². The minimum atomic E-state index is -0.192. The first kappa shape index (κ1) is 16.0. The summed E-state index contributed by atoms with van der Waals surface area (Å²) in [6.45, 7) is 0. The maximum Gasteiger partial charge on any atom is 0.311 e. The lowest BCUT2D eigenvalue weighted by Crippen LogP contribution is -2.65. The van der Waals surface area contributed by atoms with Crippen LogP contribution in [0.2, 0.25) is 0 Å². The van der Waals surface area contributed by atoms with Crippen LogP contribution in [0.4, 0.5) is 0 Å². The van der Waals surface area contributed by atoms with Gasteiger partial charge in [-0.3, -0.25) is 4.79 Å². The first-order valence-corrected chi connectivity index (χ1v) is 10.9. The highest BCUT2D eigenvalue weighted by molar-refractivity contribution is 5.77. The molecule has 0 radical (unpaired) electrons.